The van der Waals surface area contributed by atoms with Crippen LogP contribution in [-0.2, 0) is 6.18 Å². The van der Waals surface area contributed by atoms with E-state index < -0.39 is 17.6 Å². The van der Waals surface area contributed by atoms with E-state index in [1.54, 1.807) is 11.8 Å². The fourth-order valence-electron chi connectivity index (χ4n) is 3.05. The molecule has 0 aliphatic carbocycles. The number of benzene rings is 2. The van der Waals surface area contributed by atoms with Gasteiger partial charge in [-0.3, -0.25) is 4.79 Å². The van der Waals surface area contributed by atoms with E-state index >= 15 is 0 Å². The number of carbonyl (C=O) groups excluding carboxylic acids is 1. The van der Waals surface area contributed by atoms with Crippen molar-refractivity contribution in [3.8, 4) is 0 Å². The molecule has 1 heterocycles. The van der Waals surface area contributed by atoms with Gasteiger partial charge in [-0.2, -0.15) is 24.9 Å². The van der Waals surface area contributed by atoms with Crippen LogP contribution in [0.5, 0.6) is 0 Å². The van der Waals surface area contributed by atoms with E-state index in [1.165, 1.54) is 23.1 Å². The van der Waals surface area contributed by atoms with Crippen LogP contribution in [0.2, 0.25) is 5.02 Å². The number of alkyl halides is 3. The van der Waals surface area contributed by atoms with Gasteiger partial charge in [0, 0.05) is 29.1 Å². The standard InChI is InChI=1S/C19H17ClF3NOS/c20-16-8-4-2-6-14(16)17-9-10-24(11-12-26-17)18(25)13-5-1-3-7-15(13)19(21,22)23/h1-8,17H,9-12H2. The van der Waals surface area contributed by atoms with Crippen molar-refractivity contribution in [1.82, 2.24) is 4.90 Å². The summed E-state index contributed by atoms with van der Waals surface area (Å²) in [5.74, 6) is 0.0776. The summed E-state index contributed by atoms with van der Waals surface area (Å²) in [7, 11) is 0. The molecule has 1 atom stereocenters. The number of halogens is 4. The summed E-state index contributed by atoms with van der Waals surface area (Å²) in [6.45, 7) is 0.810. The van der Waals surface area contributed by atoms with Gasteiger partial charge in [0.2, 0.25) is 0 Å². The first kappa shape index (κ1) is 19.1. The first-order valence-corrected chi connectivity index (χ1v) is 9.62. The van der Waals surface area contributed by atoms with E-state index in [9.17, 15) is 18.0 Å². The molecule has 7 heteroatoms. The highest BCUT2D eigenvalue weighted by Crippen LogP contribution is 2.38. The Morgan fingerprint density at radius 1 is 1.08 bits per heavy atom. The van der Waals surface area contributed by atoms with Crippen LogP contribution in [0, 0.1) is 0 Å². The molecule has 1 unspecified atom stereocenters. The molecule has 3 rings (SSSR count). The first-order chi connectivity index (χ1) is 12.4. The van der Waals surface area contributed by atoms with Crippen molar-refractivity contribution in [3.05, 3.63) is 70.2 Å². The molecular weight excluding hydrogens is 383 g/mol. The Morgan fingerprint density at radius 2 is 1.77 bits per heavy atom. The number of rotatable bonds is 2. The minimum absolute atomic E-state index is 0.124. The predicted molar refractivity (Wildman–Crippen MR) is 98.6 cm³/mol. The molecule has 138 valence electrons. The number of thioether (sulfide) groups is 1. The van der Waals surface area contributed by atoms with Crippen molar-refractivity contribution < 1.29 is 18.0 Å². The molecular formula is C19H17ClF3NOS. The molecule has 0 aromatic heterocycles. The summed E-state index contributed by atoms with van der Waals surface area (Å²) in [6, 6.07) is 12.5. The maximum absolute atomic E-state index is 13.2. The number of hydrogen-bond acceptors (Lipinski definition) is 2. The van der Waals surface area contributed by atoms with Gasteiger partial charge in [-0.05, 0) is 30.2 Å². The molecule has 0 spiro atoms. The summed E-state index contributed by atoms with van der Waals surface area (Å²) in [5.41, 5.74) is -0.171. The zero-order valence-electron chi connectivity index (χ0n) is 13.8. The van der Waals surface area contributed by atoms with E-state index in [0.29, 0.717) is 30.3 Å². The van der Waals surface area contributed by atoms with Gasteiger partial charge >= 0.3 is 6.18 Å². The lowest BCUT2D eigenvalue weighted by Crippen LogP contribution is -2.34. The maximum Gasteiger partial charge on any atom is 0.417 e. The van der Waals surface area contributed by atoms with Crippen LogP contribution in [0.1, 0.15) is 33.2 Å². The lowest BCUT2D eigenvalue weighted by atomic mass is 10.0. The molecule has 0 radical (unpaired) electrons. The summed E-state index contributed by atoms with van der Waals surface area (Å²) < 4.78 is 39.6. The Kier molecular flexibility index (Phi) is 5.82. The fourth-order valence-corrected chi connectivity index (χ4v) is 4.64. The third kappa shape index (κ3) is 4.18. The number of carbonyl (C=O) groups is 1. The lowest BCUT2D eigenvalue weighted by molar-refractivity contribution is -0.138. The van der Waals surface area contributed by atoms with Gasteiger partial charge in [0.15, 0.2) is 0 Å². The molecule has 0 N–H and O–H groups in total. The maximum atomic E-state index is 13.2. The van der Waals surface area contributed by atoms with Gasteiger partial charge in [-0.1, -0.05) is 41.9 Å². The quantitative estimate of drug-likeness (QED) is 0.647. The Labute approximate surface area is 159 Å². The highest BCUT2D eigenvalue weighted by molar-refractivity contribution is 7.99. The van der Waals surface area contributed by atoms with Gasteiger partial charge in [0.05, 0.1) is 11.1 Å². The molecule has 1 aliphatic rings. The molecule has 2 aromatic rings. The van der Waals surface area contributed by atoms with Gasteiger partial charge < -0.3 is 4.90 Å². The third-order valence-electron chi connectivity index (χ3n) is 4.34. The van der Waals surface area contributed by atoms with Gasteiger partial charge in [-0.25, -0.2) is 0 Å². The number of amides is 1. The van der Waals surface area contributed by atoms with Crippen molar-refractivity contribution in [3.63, 3.8) is 0 Å². The van der Waals surface area contributed by atoms with Crippen LogP contribution in [0.15, 0.2) is 48.5 Å². The smallest absolute Gasteiger partial charge is 0.338 e. The minimum Gasteiger partial charge on any atom is -0.338 e. The second-order valence-corrected chi connectivity index (χ2v) is 7.72. The predicted octanol–water partition coefficient (Wildman–Crippen LogP) is 5.68. The van der Waals surface area contributed by atoms with Crippen LogP contribution < -0.4 is 0 Å². The molecule has 26 heavy (non-hydrogen) atoms. The zero-order chi connectivity index (χ0) is 18.7. The van der Waals surface area contributed by atoms with Crippen LogP contribution in [0.3, 0.4) is 0 Å². The summed E-state index contributed by atoms with van der Waals surface area (Å²) >= 11 is 7.93. The topological polar surface area (TPSA) is 20.3 Å². The highest BCUT2D eigenvalue weighted by Gasteiger charge is 2.36. The van der Waals surface area contributed by atoms with Crippen molar-refractivity contribution in [2.24, 2.45) is 0 Å². The first-order valence-electron chi connectivity index (χ1n) is 8.19. The SMILES string of the molecule is O=C(c1ccccc1C(F)(F)F)N1CCSC(c2ccccc2Cl)CC1. The number of hydrogen-bond donors (Lipinski definition) is 0. The highest BCUT2D eigenvalue weighted by atomic mass is 35.5. The molecule has 1 aliphatic heterocycles. The van der Waals surface area contributed by atoms with Crippen molar-refractivity contribution in [2.45, 2.75) is 17.8 Å². The summed E-state index contributed by atoms with van der Waals surface area (Å²) in [5, 5.41) is 0.798. The van der Waals surface area contributed by atoms with Crippen molar-refractivity contribution >= 4 is 29.3 Å². The Bertz CT molecular complexity index is 796. The van der Waals surface area contributed by atoms with Crippen LogP contribution in [0.25, 0.3) is 0 Å². The second kappa shape index (κ2) is 7.92. The molecule has 1 saturated heterocycles. The van der Waals surface area contributed by atoms with Gasteiger partial charge in [-0.15, -0.1) is 0 Å². The third-order valence-corrected chi connectivity index (χ3v) is 6.00. The van der Waals surface area contributed by atoms with E-state index in [0.717, 1.165) is 11.6 Å². The fraction of sp³-hybridized carbons (Fsp3) is 0.316. The molecule has 2 nitrogen and oxygen atoms in total. The zero-order valence-corrected chi connectivity index (χ0v) is 15.4. The summed E-state index contributed by atoms with van der Waals surface area (Å²) in [4.78, 5) is 14.2. The average Bonchev–Trinajstić information content (AvgIpc) is 2.87. The molecule has 2 aromatic carbocycles. The minimum atomic E-state index is -4.55. The van der Waals surface area contributed by atoms with Crippen molar-refractivity contribution in [1.29, 1.82) is 0 Å². The van der Waals surface area contributed by atoms with E-state index in [4.69, 9.17) is 11.6 Å². The molecule has 1 fully saturated rings. The van der Waals surface area contributed by atoms with Crippen molar-refractivity contribution in [2.75, 3.05) is 18.8 Å². The van der Waals surface area contributed by atoms with E-state index in [1.807, 2.05) is 24.3 Å². The number of nitrogens with zero attached hydrogens (tertiary/aromatic N) is 1. The lowest BCUT2D eigenvalue weighted by Gasteiger charge is -2.22. The largest absolute Gasteiger partial charge is 0.417 e. The molecule has 0 saturated carbocycles. The summed E-state index contributed by atoms with van der Waals surface area (Å²) in [6.07, 6.45) is -3.90. The monoisotopic (exact) mass is 399 g/mol. The van der Waals surface area contributed by atoms with Gasteiger partial charge in [0.25, 0.3) is 5.91 Å². The Morgan fingerprint density at radius 3 is 2.50 bits per heavy atom. The molecule has 0 bridgehead atoms. The average molecular weight is 400 g/mol. The molecule has 1 amide bonds. The van der Waals surface area contributed by atoms with Crippen LogP contribution in [-0.4, -0.2) is 29.6 Å². The Hall–Kier alpha value is -1.66. The van der Waals surface area contributed by atoms with Crippen LogP contribution in [0.4, 0.5) is 13.2 Å². The van der Waals surface area contributed by atoms with Crippen LogP contribution >= 0.6 is 23.4 Å². The van der Waals surface area contributed by atoms with E-state index in [2.05, 4.69) is 0 Å². The Balaban J connectivity index is 1.78. The van der Waals surface area contributed by atoms with Gasteiger partial charge in [0.1, 0.15) is 0 Å². The van der Waals surface area contributed by atoms with E-state index in [-0.39, 0.29) is 10.8 Å². The normalized spacial score (nSPS) is 18.5. The second-order valence-electron chi connectivity index (χ2n) is 6.01.